The molecule has 8 heteroatoms. The molecular formula is C21H25FN3O4+. The molecule has 1 fully saturated rings. The van der Waals surface area contributed by atoms with Gasteiger partial charge in [0.2, 0.25) is 0 Å². The monoisotopic (exact) mass is 402 g/mol. The lowest BCUT2D eigenvalue weighted by molar-refractivity contribution is -0.910. The number of benzene rings is 2. The van der Waals surface area contributed by atoms with Crippen LogP contribution in [0, 0.1) is 5.82 Å². The highest BCUT2D eigenvalue weighted by Gasteiger charge is 2.34. The van der Waals surface area contributed by atoms with Crippen LogP contribution < -0.4 is 25.0 Å². The molecule has 2 aromatic carbocycles. The zero-order valence-electron chi connectivity index (χ0n) is 16.5. The highest BCUT2D eigenvalue weighted by atomic mass is 19.1. The van der Waals surface area contributed by atoms with Crippen molar-refractivity contribution < 1.29 is 28.4 Å². The fourth-order valence-corrected chi connectivity index (χ4v) is 3.70. The Labute approximate surface area is 168 Å². The number of halogens is 1. The maximum atomic E-state index is 13.6. The number of ether oxygens (including phenoxy) is 2. The summed E-state index contributed by atoms with van der Waals surface area (Å²) < 4.78 is 24.4. The third-order valence-electron chi connectivity index (χ3n) is 5.06. The normalized spacial score (nSPS) is 18.2. The molecule has 0 spiro atoms. The largest absolute Gasteiger partial charge is 0.497 e. The van der Waals surface area contributed by atoms with Crippen LogP contribution in [0.15, 0.2) is 42.5 Å². The van der Waals surface area contributed by atoms with Gasteiger partial charge < -0.3 is 19.7 Å². The van der Waals surface area contributed by atoms with E-state index in [0.29, 0.717) is 11.5 Å². The van der Waals surface area contributed by atoms with Gasteiger partial charge in [0.05, 0.1) is 32.0 Å². The summed E-state index contributed by atoms with van der Waals surface area (Å²) in [6.45, 7) is 0.937. The SMILES string of the molecule is COc1ccc([C@@H]2CCC[NH+]2CC(=O)NC(=O)Nc2ccccc2F)c(OC)c1. The average Bonchev–Trinajstić information content (AvgIpc) is 3.16. The number of anilines is 1. The summed E-state index contributed by atoms with van der Waals surface area (Å²) in [5.74, 6) is 0.430. The zero-order chi connectivity index (χ0) is 20.8. The van der Waals surface area contributed by atoms with Gasteiger partial charge in [-0.05, 0) is 24.3 Å². The quantitative estimate of drug-likeness (QED) is 0.690. The first-order valence-corrected chi connectivity index (χ1v) is 9.43. The second-order valence-corrected chi connectivity index (χ2v) is 6.87. The Morgan fingerprint density at radius 1 is 1.17 bits per heavy atom. The second-order valence-electron chi connectivity index (χ2n) is 6.87. The molecule has 0 radical (unpaired) electrons. The number of nitrogens with one attached hydrogen (secondary N) is 3. The summed E-state index contributed by atoms with van der Waals surface area (Å²) in [5.41, 5.74) is 1.02. The highest BCUT2D eigenvalue weighted by molar-refractivity contribution is 6.01. The number of urea groups is 1. The molecule has 0 aromatic heterocycles. The number of quaternary nitrogens is 1. The van der Waals surface area contributed by atoms with Crippen LogP contribution in [0.4, 0.5) is 14.9 Å². The predicted molar refractivity (Wildman–Crippen MR) is 106 cm³/mol. The van der Waals surface area contributed by atoms with Gasteiger partial charge in [0.1, 0.15) is 23.4 Å². The Balaban J connectivity index is 1.62. The van der Waals surface area contributed by atoms with Crippen molar-refractivity contribution in [1.82, 2.24) is 5.32 Å². The summed E-state index contributed by atoms with van der Waals surface area (Å²) in [4.78, 5) is 25.4. The molecule has 3 rings (SSSR count). The maximum Gasteiger partial charge on any atom is 0.326 e. The maximum absolute atomic E-state index is 13.6. The van der Waals surface area contributed by atoms with Crippen molar-refractivity contribution in [3.63, 3.8) is 0 Å². The molecule has 1 heterocycles. The highest BCUT2D eigenvalue weighted by Crippen LogP contribution is 2.31. The van der Waals surface area contributed by atoms with E-state index in [1.807, 2.05) is 18.2 Å². The van der Waals surface area contributed by atoms with E-state index in [9.17, 15) is 14.0 Å². The average molecular weight is 402 g/mol. The van der Waals surface area contributed by atoms with Crippen LogP contribution in [-0.4, -0.2) is 39.2 Å². The number of methoxy groups -OCH3 is 2. The van der Waals surface area contributed by atoms with Crippen LogP contribution in [0.2, 0.25) is 0 Å². The minimum Gasteiger partial charge on any atom is -0.497 e. The molecule has 2 atom stereocenters. The Morgan fingerprint density at radius 3 is 2.69 bits per heavy atom. The molecule has 3 N–H and O–H groups in total. The molecule has 1 unspecified atom stereocenters. The molecule has 29 heavy (non-hydrogen) atoms. The van der Waals surface area contributed by atoms with Gasteiger partial charge in [-0.3, -0.25) is 10.1 Å². The van der Waals surface area contributed by atoms with Crippen molar-refractivity contribution in [3.05, 3.63) is 53.8 Å². The Morgan fingerprint density at radius 2 is 1.97 bits per heavy atom. The molecular weight excluding hydrogens is 377 g/mol. The number of carbonyl (C=O) groups is 2. The first-order chi connectivity index (χ1) is 14.0. The predicted octanol–water partition coefficient (Wildman–Crippen LogP) is 1.91. The van der Waals surface area contributed by atoms with Gasteiger partial charge in [-0.25, -0.2) is 9.18 Å². The lowest BCUT2D eigenvalue weighted by Gasteiger charge is -2.23. The lowest BCUT2D eigenvalue weighted by atomic mass is 10.0. The van der Waals surface area contributed by atoms with Gasteiger partial charge in [-0.15, -0.1) is 0 Å². The van der Waals surface area contributed by atoms with Crippen LogP contribution in [0.1, 0.15) is 24.4 Å². The molecule has 0 saturated carbocycles. The van der Waals surface area contributed by atoms with Crippen LogP contribution >= 0.6 is 0 Å². The number of amides is 3. The van der Waals surface area contributed by atoms with Gasteiger partial charge in [0.15, 0.2) is 6.54 Å². The van der Waals surface area contributed by atoms with Gasteiger partial charge in [-0.2, -0.15) is 0 Å². The molecule has 2 aromatic rings. The van der Waals surface area contributed by atoms with Crippen LogP contribution in [0.3, 0.4) is 0 Å². The van der Waals surface area contributed by atoms with E-state index in [4.69, 9.17) is 9.47 Å². The second kappa shape index (κ2) is 9.38. The van der Waals surface area contributed by atoms with E-state index < -0.39 is 17.8 Å². The van der Waals surface area contributed by atoms with Gasteiger partial charge >= 0.3 is 6.03 Å². The third-order valence-corrected chi connectivity index (χ3v) is 5.06. The summed E-state index contributed by atoms with van der Waals surface area (Å²) in [7, 11) is 3.20. The van der Waals surface area contributed by atoms with E-state index in [0.717, 1.165) is 29.8 Å². The lowest BCUT2D eigenvalue weighted by Crippen LogP contribution is -3.11. The summed E-state index contributed by atoms with van der Waals surface area (Å²) >= 11 is 0. The van der Waals surface area contributed by atoms with Crippen LogP contribution in [-0.2, 0) is 4.79 Å². The first-order valence-electron chi connectivity index (χ1n) is 9.43. The van der Waals surface area contributed by atoms with Crippen LogP contribution in [0.25, 0.3) is 0 Å². The molecule has 0 bridgehead atoms. The van der Waals surface area contributed by atoms with Gasteiger partial charge in [-0.1, -0.05) is 12.1 Å². The molecule has 1 aliphatic rings. The van der Waals surface area contributed by atoms with E-state index in [1.54, 1.807) is 20.3 Å². The third kappa shape index (κ3) is 5.03. The van der Waals surface area contributed by atoms with Crippen molar-refractivity contribution in [1.29, 1.82) is 0 Å². The number of para-hydroxylation sites is 1. The summed E-state index contributed by atoms with van der Waals surface area (Å²) in [6.07, 6.45) is 1.87. The van der Waals surface area contributed by atoms with Crippen molar-refractivity contribution in [2.24, 2.45) is 0 Å². The van der Waals surface area contributed by atoms with Crippen molar-refractivity contribution in [3.8, 4) is 11.5 Å². The van der Waals surface area contributed by atoms with Gasteiger partial charge in [0, 0.05) is 18.9 Å². The van der Waals surface area contributed by atoms with E-state index in [-0.39, 0.29) is 18.3 Å². The number of hydrogen-bond donors (Lipinski definition) is 3. The number of carbonyl (C=O) groups excluding carboxylic acids is 2. The molecule has 154 valence electrons. The van der Waals surface area contributed by atoms with Crippen molar-refractivity contribution >= 4 is 17.6 Å². The zero-order valence-corrected chi connectivity index (χ0v) is 16.5. The van der Waals surface area contributed by atoms with Crippen molar-refractivity contribution in [2.45, 2.75) is 18.9 Å². The number of imide groups is 1. The summed E-state index contributed by atoms with van der Waals surface area (Å²) in [5, 5.41) is 4.62. The Hall–Kier alpha value is -3.13. The first kappa shape index (κ1) is 20.6. The van der Waals surface area contributed by atoms with Gasteiger partial charge in [0.25, 0.3) is 5.91 Å². The standard InChI is InChI=1S/C21H24FN3O4/c1-28-14-9-10-15(19(12-14)29-2)18-8-5-11-25(18)13-20(26)24-21(27)23-17-7-4-3-6-16(17)22/h3-4,6-7,9-10,12,18H,5,8,11,13H2,1-2H3,(H2,23,24,26,27)/p+1/t18-/m0/s1. The number of hydrogen-bond acceptors (Lipinski definition) is 4. The molecule has 1 saturated heterocycles. The Kier molecular flexibility index (Phi) is 6.66. The Bertz CT molecular complexity index is 890. The summed E-state index contributed by atoms with van der Waals surface area (Å²) in [6, 6.07) is 10.8. The van der Waals surface area contributed by atoms with Crippen LogP contribution in [0.5, 0.6) is 11.5 Å². The number of likely N-dealkylation sites (tertiary alicyclic amines) is 1. The smallest absolute Gasteiger partial charge is 0.326 e. The minimum atomic E-state index is -0.753. The molecule has 7 nitrogen and oxygen atoms in total. The minimum absolute atomic E-state index is 0.0205. The van der Waals surface area contributed by atoms with Crippen molar-refractivity contribution in [2.75, 3.05) is 32.6 Å². The molecule has 3 amide bonds. The topological polar surface area (TPSA) is 81.1 Å². The fourth-order valence-electron chi connectivity index (χ4n) is 3.70. The van der Waals surface area contributed by atoms with E-state index >= 15 is 0 Å². The number of rotatable bonds is 6. The molecule has 0 aliphatic carbocycles. The fraction of sp³-hybridized carbons (Fsp3) is 0.333. The molecule has 1 aliphatic heterocycles. The van der Waals surface area contributed by atoms with E-state index in [1.165, 1.54) is 18.2 Å². The van der Waals surface area contributed by atoms with E-state index in [2.05, 4.69) is 10.6 Å².